The van der Waals surface area contributed by atoms with Gasteiger partial charge in [0.2, 0.25) is 0 Å². The third-order valence-electron chi connectivity index (χ3n) is 1.66. The summed E-state index contributed by atoms with van der Waals surface area (Å²) >= 11 is 0.912. The topological polar surface area (TPSA) is 25.8 Å². The van der Waals surface area contributed by atoms with Crippen LogP contribution in [0.3, 0.4) is 0 Å². The van der Waals surface area contributed by atoms with E-state index in [0.29, 0.717) is 11.0 Å². The van der Waals surface area contributed by atoms with E-state index in [9.17, 15) is 12.9 Å². The normalized spacial score (nSPS) is 11.4. The molecule has 1 aromatic carbocycles. The van der Waals surface area contributed by atoms with E-state index >= 15 is 0 Å². The Morgan fingerprint density at radius 3 is 2.36 bits per heavy atom. The second kappa shape index (κ2) is 4.58. The van der Waals surface area contributed by atoms with Gasteiger partial charge in [-0.3, -0.25) is 0 Å². The van der Waals surface area contributed by atoms with Crippen molar-refractivity contribution in [1.29, 1.82) is 0 Å². The Balaban J connectivity index is 0.000000980. The Kier molecular flexibility index (Phi) is 4.13. The van der Waals surface area contributed by atoms with E-state index in [4.69, 9.17) is 0 Å². The summed E-state index contributed by atoms with van der Waals surface area (Å²) < 4.78 is 44.3. The number of rotatable bonds is 1. The number of fused-ring (bicyclic) bond motifs is 1. The molecule has 2 aromatic rings. The van der Waals surface area contributed by atoms with Gasteiger partial charge in [0, 0.05) is 0 Å². The van der Waals surface area contributed by atoms with Crippen LogP contribution in [0.2, 0.25) is 0 Å². The average molecular weight is 242 g/mol. The Bertz CT molecular complexity index is 444. The summed E-state index contributed by atoms with van der Waals surface area (Å²) in [6.45, 7) is -4.93. The van der Waals surface area contributed by atoms with Gasteiger partial charge < -0.3 is 12.9 Å². The first kappa shape index (κ1) is 12.6. The molecule has 8 heteroatoms. The molecule has 0 saturated carbocycles. The van der Waals surface area contributed by atoms with Gasteiger partial charge in [-0.1, -0.05) is 12.1 Å². The van der Waals surface area contributed by atoms with Crippen molar-refractivity contribution in [2.45, 2.75) is 0 Å². The van der Waals surface area contributed by atoms with Crippen LogP contribution in [0.1, 0.15) is 0 Å². The van der Waals surface area contributed by atoms with Crippen molar-refractivity contribution >= 4 is 35.2 Å². The molecule has 0 radical (unpaired) electrons. The second-order valence-electron chi connectivity index (χ2n) is 2.59. The molecule has 2 nitrogen and oxygen atoms in total. The summed E-state index contributed by atoms with van der Waals surface area (Å²) in [6, 6.07) is 3.39. The predicted molar refractivity (Wildman–Crippen MR) is 46.1 cm³/mol. The van der Waals surface area contributed by atoms with Gasteiger partial charge in [0.05, 0.1) is 11.7 Å². The molecule has 0 aliphatic rings. The molecule has 0 fully saturated rings. The van der Waals surface area contributed by atoms with Crippen LogP contribution in [0.4, 0.5) is 12.9 Å². The molecule has 0 aliphatic carbocycles. The smallest absolute Gasteiger partial charge is 0.445 e. The zero-order valence-electron chi connectivity index (χ0n) is 7.25. The van der Waals surface area contributed by atoms with E-state index < -0.39 is 12.4 Å². The zero-order valence-corrected chi connectivity index (χ0v) is 11.2. The number of aromatic nitrogens is 2. The molecule has 1 heterocycles. The van der Waals surface area contributed by atoms with Crippen LogP contribution in [0, 0.1) is 0 Å². The summed E-state index contributed by atoms with van der Waals surface area (Å²) in [5.41, 5.74) is 0.190. The first-order valence-electron chi connectivity index (χ1n) is 3.49. The summed E-state index contributed by atoms with van der Waals surface area (Å²) in [5, 5.41) is 0. The fraction of sp³-hybridized carbons (Fsp3) is 0. The van der Waals surface area contributed by atoms with Crippen molar-refractivity contribution in [2.24, 2.45) is 0 Å². The van der Waals surface area contributed by atoms with Gasteiger partial charge in [-0.05, 0) is 6.07 Å². The van der Waals surface area contributed by atoms with Gasteiger partial charge in [-0.15, -0.1) is 5.46 Å². The Hall–Kier alpha value is 0.531. The Morgan fingerprint density at radius 2 is 1.71 bits per heavy atom. The first-order valence-corrected chi connectivity index (χ1v) is 4.22. The molecule has 0 atom stereocenters. The fourth-order valence-corrected chi connectivity index (χ4v) is 1.52. The Labute approximate surface area is 125 Å². The quantitative estimate of drug-likeness (QED) is 0.584. The molecule has 0 saturated heterocycles. The molecular weight excluding hydrogens is 239 g/mol. The van der Waals surface area contributed by atoms with E-state index in [1.165, 1.54) is 6.07 Å². The van der Waals surface area contributed by atoms with Gasteiger partial charge >= 0.3 is 58.4 Å². The second-order valence-corrected chi connectivity index (χ2v) is 3.12. The summed E-state index contributed by atoms with van der Waals surface area (Å²) in [7, 11) is 0. The van der Waals surface area contributed by atoms with E-state index in [1.807, 2.05) is 0 Å². The number of halogens is 3. The van der Waals surface area contributed by atoms with Crippen LogP contribution in [-0.2, 0) is 0 Å². The monoisotopic (exact) mass is 242 g/mol. The summed E-state index contributed by atoms with van der Waals surface area (Å²) in [6.07, 6.45) is 0. The van der Waals surface area contributed by atoms with Crippen molar-refractivity contribution in [3.8, 4) is 0 Å². The van der Waals surface area contributed by atoms with Crippen LogP contribution < -0.4 is 56.8 Å². The maximum Gasteiger partial charge on any atom is 1.00 e. The number of nitrogens with zero attached hydrogens (tertiary/aromatic N) is 2. The molecule has 0 amide bonds. The molecular formula is C6H3BF3KN2S. The molecule has 14 heavy (non-hydrogen) atoms. The molecule has 0 aliphatic heterocycles. The minimum absolute atomic E-state index is 0. The van der Waals surface area contributed by atoms with E-state index in [0.717, 1.165) is 23.9 Å². The standard InChI is InChI=1S/C6H3BF3N2S.K/c8-7(9,10)4-1-2-5-6(3-4)12-13-11-5;/h1-3H;/q-1;+1. The van der Waals surface area contributed by atoms with Crippen LogP contribution in [0.5, 0.6) is 0 Å². The van der Waals surface area contributed by atoms with Crippen molar-refractivity contribution in [1.82, 2.24) is 8.75 Å². The molecule has 0 unspecified atom stereocenters. The van der Waals surface area contributed by atoms with Crippen molar-refractivity contribution in [3.63, 3.8) is 0 Å². The van der Waals surface area contributed by atoms with Crippen molar-refractivity contribution < 1.29 is 64.3 Å². The molecule has 0 spiro atoms. The van der Waals surface area contributed by atoms with Gasteiger partial charge in [0.1, 0.15) is 11.0 Å². The van der Waals surface area contributed by atoms with Crippen molar-refractivity contribution in [3.05, 3.63) is 18.2 Å². The predicted octanol–water partition coefficient (Wildman–Crippen LogP) is -1.25. The minimum atomic E-state index is -4.93. The molecule has 2 rings (SSSR count). The van der Waals surface area contributed by atoms with Crippen LogP contribution >= 0.6 is 11.7 Å². The van der Waals surface area contributed by atoms with Crippen molar-refractivity contribution in [2.75, 3.05) is 0 Å². The Morgan fingerprint density at radius 1 is 1.07 bits per heavy atom. The number of hydrogen-bond acceptors (Lipinski definition) is 3. The van der Waals surface area contributed by atoms with Gasteiger partial charge in [0.25, 0.3) is 0 Å². The van der Waals surface area contributed by atoms with E-state index in [-0.39, 0.29) is 51.4 Å². The SMILES string of the molecule is F[B-](F)(F)c1ccc2nsnc2c1.[K+]. The number of benzene rings is 1. The average Bonchev–Trinajstić information content (AvgIpc) is 2.47. The van der Waals surface area contributed by atoms with E-state index in [2.05, 4.69) is 8.75 Å². The van der Waals surface area contributed by atoms with Crippen LogP contribution in [-0.4, -0.2) is 15.7 Å². The molecule has 1 aromatic heterocycles. The third kappa shape index (κ3) is 2.56. The molecule has 0 bridgehead atoms. The zero-order chi connectivity index (χ0) is 9.47. The number of hydrogen-bond donors (Lipinski definition) is 0. The molecule has 0 N–H and O–H groups in total. The van der Waals surface area contributed by atoms with Gasteiger partial charge in [0.15, 0.2) is 0 Å². The van der Waals surface area contributed by atoms with E-state index in [1.54, 1.807) is 0 Å². The maximum absolute atomic E-state index is 12.2. The maximum atomic E-state index is 12.2. The van der Waals surface area contributed by atoms with Gasteiger partial charge in [-0.25, -0.2) is 0 Å². The first-order chi connectivity index (χ1) is 6.07. The third-order valence-corrected chi connectivity index (χ3v) is 2.21. The largest absolute Gasteiger partial charge is 1.00 e. The molecule has 68 valence electrons. The minimum Gasteiger partial charge on any atom is -0.445 e. The summed E-state index contributed by atoms with van der Waals surface area (Å²) in [5.74, 6) is 0. The summed E-state index contributed by atoms with van der Waals surface area (Å²) in [4.78, 5) is 0. The fourth-order valence-electron chi connectivity index (χ4n) is 1.00. The van der Waals surface area contributed by atoms with Crippen LogP contribution in [0.15, 0.2) is 18.2 Å². The van der Waals surface area contributed by atoms with Crippen LogP contribution in [0.25, 0.3) is 11.0 Å². The van der Waals surface area contributed by atoms with Gasteiger partial charge in [-0.2, -0.15) is 8.75 Å².